The fourth-order valence-corrected chi connectivity index (χ4v) is 3.47. The van der Waals surface area contributed by atoms with E-state index in [2.05, 4.69) is 5.32 Å². The van der Waals surface area contributed by atoms with E-state index in [1.807, 2.05) is 36.4 Å². The van der Waals surface area contributed by atoms with Crippen molar-refractivity contribution in [1.29, 1.82) is 0 Å². The van der Waals surface area contributed by atoms with Crippen LogP contribution in [0.1, 0.15) is 18.4 Å². The van der Waals surface area contributed by atoms with E-state index < -0.39 is 0 Å². The topological polar surface area (TPSA) is 75.7 Å². The quantitative estimate of drug-likeness (QED) is 0.625. The van der Waals surface area contributed by atoms with Crippen LogP contribution in [0.5, 0.6) is 5.75 Å². The molecule has 0 unspecified atom stereocenters. The van der Waals surface area contributed by atoms with Crippen molar-refractivity contribution < 1.29 is 19.1 Å². The van der Waals surface area contributed by atoms with Crippen LogP contribution in [0, 0.1) is 11.8 Å². The third-order valence-electron chi connectivity index (χ3n) is 4.81. The van der Waals surface area contributed by atoms with Gasteiger partial charge in [-0.15, -0.1) is 0 Å². The fourth-order valence-electron chi connectivity index (χ4n) is 3.47. The Kier molecular flexibility index (Phi) is 5.16. The van der Waals surface area contributed by atoms with E-state index in [4.69, 9.17) is 4.74 Å². The van der Waals surface area contributed by atoms with Crippen molar-refractivity contribution in [1.82, 2.24) is 10.2 Å². The van der Waals surface area contributed by atoms with Crippen LogP contribution >= 0.6 is 0 Å². The highest BCUT2D eigenvalue weighted by molar-refractivity contribution is 6.07. The molecular weight excluding hydrogens is 320 g/mol. The van der Waals surface area contributed by atoms with E-state index in [1.165, 1.54) is 0 Å². The van der Waals surface area contributed by atoms with Gasteiger partial charge >= 0.3 is 0 Å². The Morgan fingerprint density at radius 1 is 1.16 bits per heavy atom. The van der Waals surface area contributed by atoms with Gasteiger partial charge in [0.1, 0.15) is 12.3 Å². The number of hydrogen-bond donors (Lipinski definition) is 1. The molecule has 1 N–H and O–H groups in total. The Morgan fingerprint density at radius 2 is 1.80 bits per heavy atom. The number of amides is 3. The highest BCUT2D eigenvalue weighted by Gasteiger charge is 2.47. The van der Waals surface area contributed by atoms with E-state index in [0.717, 1.165) is 16.2 Å². The third kappa shape index (κ3) is 3.57. The highest BCUT2D eigenvalue weighted by atomic mass is 16.5. The summed E-state index contributed by atoms with van der Waals surface area (Å²) in [6.07, 6.45) is 5.65. The van der Waals surface area contributed by atoms with Gasteiger partial charge in [0.15, 0.2) is 0 Å². The Balaban J connectivity index is 1.51. The molecule has 25 heavy (non-hydrogen) atoms. The number of carbonyl (C=O) groups is 3. The second-order valence-electron chi connectivity index (χ2n) is 6.33. The fraction of sp³-hybridized carbons (Fsp3) is 0.421. The van der Waals surface area contributed by atoms with E-state index in [0.29, 0.717) is 25.8 Å². The Hall–Kier alpha value is -2.63. The van der Waals surface area contributed by atoms with Gasteiger partial charge in [-0.2, -0.15) is 0 Å². The van der Waals surface area contributed by atoms with Crippen molar-refractivity contribution in [2.45, 2.75) is 19.3 Å². The molecule has 6 nitrogen and oxygen atoms in total. The lowest BCUT2D eigenvalue weighted by Gasteiger charge is -2.14. The number of rotatable bonds is 6. The SMILES string of the molecule is COc1ccccc1CCNC(=O)CN1C(=O)[C@@H]2CC=CC[C@H]2C1=O. The van der Waals surface area contributed by atoms with Crippen molar-refractivity contribution in [2.24, 2.45) is 11.8 Å². The molecule has 0 spiro atoms. The summed E-state index contributed by atoms with van der Waals surface area (Å²) in [6, 6.07) is 7.61. The summed E-state index contributed by atoms with van der Waals surface area (Å²) in [5.74, 6) is -0.572. The zero-order valence-electron chi connectivity index (χ0n) is 14.2. The van der Waals surface area contributed by atoms with Crippen molar-refractivity contribution in [3.05, 3.63) is 42.0 Å². The minimum Gasteiger partial charge on any atom is -0.496 e. The normalized spacial score (nSPS) is 22.0. The molecule has 2 aliphatic rings. The average Bonchev–Trinajstić information content (AvgIpc) is 2.87. The summed E-state index contributed by atoms with van der Waals surface area (Å²) in [5, 5.41) is 2.78. The summed E-state index contributed by atoms with van der Waals surface area (Å²) < 4.78 is 5.28. The van der Waals surface area contributed by atoms with Crippen LogP contribution in [0.25, 0.3) is 0 Å². The van der Waals surface area contributed by atoms with Crippen molar-refractivity contribution in [3.8, 4) is 5.75 Å². The second kappa shape index (κ2) is 7.51. The first-order valence-corrected chi connectivity index (χ1v) is 8.50. The summed E-state index contributed by atoms with van der Waals surface area (Å²) >= 11 is 0. The van der Waals surface area contributed by atoms with Crippen LogP contribution < -0.4 is 10.1 Å². The molecule has 1 fully saturated rings. The largest absolute Gasteiger partial charge is 0.496 e. The number of benzene rings is 1. The predicted molar refractivity (Wildman–Crippen MR) is 91.8 cm³/mol. The standard InChI is InChI=1S/C19H22N2O4/c1-25-16-9-5-2-6-13(16)10-11-20-17(22)12-21-18(23)14-7-3-4-8-15(14)19(21)24/h2-6,9,14-15H,7-8,10-12H2,1H3,(H,20,22)/t14-,15-/m1/s1. The van der Waals surface area contributed by atoms with Gasteiger partial charge in [-0.05, 0) is 30.9 Å². The molecule has 6 heteroatoms. The van der Waals surface area contributed by atoms with Crippen LogP contribution in [-0.4, -0.2) is 42.8 Å². The van der Waals surface area contributed by atoms with E-state index >= 15 is 0 Å². The third-order valence-corrected chi connectivity index (χ3v) is 4.81. The van der Waals surface area contributed by atoms with E-state index in [-0.39, 0.29) is 36.1 Å². The van der Waals surface area contributed by atoms with Gasteiger partial charge in [-0.25, -0.2) is 0 Å². The minimum atomic E-state index is -0.316. The lowest BCUT2D eigenvalue weighted by molar-refractivity contribution is -0.143. The van der Waals surface area contributed by atoms with Gasteiger partial charge in [0.25, 0.3) is 0 Å². The first-order valence-electron chi connectivity index (χ1n) is 8.50. The molecule has 3 rings (SSSR count). The Morgan fingerprint density at radius 3 is 2.44 bits per heavy atom. The number of para-hydroxylation sites is 1. The highest BCUT2D eigenvalue weighted by Crippen LogP contribution is 2.34. The monoisotopic (exact) mass is 342 g/mol. The molecule has 2 atom stereocenters. The van der Waals surface area contributed by atoms with E-state index in [1.54, 1.807) is 7.11 Å². The van der Waals surface area contributed by atoms with Crippen molar-refractivity contribution in [2.75, 3.05) is 20.2 Å². The number of imide groups is 1. The summed E-state index contributed by atoms with van der Waals surface area (Å²) in [5.41, 5.74) is 0.996. The van der Waals surface area contributed by atoms with Gasteiger partial charge in [-0.1, -0.05) is 30.4 Å². The first kappa shape index (κ1) is 17.2. The number of methoxy groups -OCH3 is 1. The van der Waals surface area contributed by atoms with Gasteiger partial charge in [-0.3, -0.25) is 19.3 Å². The molecule has 0 radical (unpaired) electrons. The molecule has 1 aliphatic carbocycles. The van der Waals surface area contributed by atoms with Crippen molar-refractivity contribution in [3.63, 3.8) is 0 Å². The maximum Gasteiger partial charge on any atom is 0.240 e. The number of hydrogen-bond acceptors (Lipinski definition) is 4. The molecule has 1 heterocycles. The first-order chi connectivity index (χ1) is 12.1. The van der Waals surface area contributed by atoms with Crippen LogP contribution in [0.3, 0.4) is 0 Å². The zero-order chi connectivity index (χ0) is 17.8. The smallest absolute Gasteiger partial charge is 0.240 e. The summed E-state index contributed by atoms with van der Waals surface area (Å²) in [6.45, 7) is 0.223. The molecule has 1 aliphatic heterocycles. The number of carbonyl (C=O) groups excluding carboxylic acids is 3. The minimum absolute atomic E-state index is 0.198. The van der Waals surface area contributed by atoms with Gasteiger partial charge < -0.3 is 10.1 Å². The Bertz CT molecular complexity index is 687. The number of nitrogens with zero attached hydrogens (tertiary/aromatic N) is 1. The van der Waals surface area contributed by atoms with E-state index in [9.17, 15) is 14.4 Å². The van der Waals surface area contributed by atoms with Gasteiger partial charge in [0.05, 0.1) is 18.9 Å². The molecule has 132 valence electrons. The molecule has 1 saturated heterocycles. The number of likely N-dealkylation sites (tertiary alicyclic amines) is 1. The molecule has 3 amide bonds. The van der Waals surface area contributed by atoms with Crippen LogP contribution in [0.2, 0.25) is 0 Å². The van der Waals surface area contributed by atoms with Crippen molar-refractivity contribution >= 4 is 17.7 Å². The van der Waals surface area contributed by atoms with Gasteiger partial charge in [0, 0.05) is 6.54 Å². The lowest BCUT2D eigenvalue weighted by Crippen LogP contribution is -2.41. The maximum absolute atomic E-state index is 12.3. The van der Waals surface area contributed by atoms with Crippen LogP contribution in [0.15, 0.2) is 36.4 Å². The number of allylic oxidation sites excluding steroid dienone is 2. The van der Waals surface area contributed by atoms with Gasteiger partial charge in [0.2, 0.25) is 17.7 Å². The number of fused-ring (bicyclic) bond motifs is 1. The molecule has 1 aromatic rings. The molecular formula is C19H22N2O4. The predicted octanol–water partition coefficient (Wildman–Crippen LogP) is 1.31. The Labute approximate surface area is 146 Å². The lowest BCUT2D eigenvalue weighted by atomic mass is 9.85. The summed E-state index contributed by atoms with van der Waals surface area (Å²) in [7, 11) is 1.61. The van der Waals surface area contributed by atoms with Crippen LogP contribution in [-0.2, 0) is 20.8 Å². The number of ether oxygens (including phenoxy) is 1. The molecule has 0 aromatic heterocycles. The zero-order valence-corrected chi connectivity index (χ0v) is 14.2. The summed E-state index contributed by atoms with van der Waals surface area (Å²) in [4.78, 5) is 37.9. The molecule has 0 bridgehead atoms. The second-order valence-corrected chi connectivity index (χ2v) is 6.33. The maximum atomic E-state index is 12.3. The molecule has 1 aromatic carbocycles. The van der Waals surface area contributed by atoms with Crippen LogP contribution in [0.4, 0.5) is 0 Å². The number of nitrogens with one attached hydrogen (secondary N) is 1. The molecule has 0 saturated carbocycles. The average molecular weight is 342 g/mol.